The molecule has 0 radical (unpaired) electrons. The summed E-state index contributed by atoms with van der Waals surface area (Å²) in [6.07, 6.45) is 0.966. The van der Waals surface area contributed by atoms with Gasteiger partial charge in [0.15, 0.2) is 5.78 Å². The summed E-state index contributed by atoms with van der Waals surface area (Å²) in [6.45, 7) is 7.48. The molecule has 1 fully saturated rings. The zero-order valence-corrected chi connectivity index (χ0v) is 21.6. The summed E-state index contributed by atoms with van der Waals surface area (Å²) in [5.74, 6) is -2.86. The van der Waals surface area contributed by atoms with E-state index in [0.29, 0.717) is 37.9 Å². The van der Waals surface area contributed by atoms with E-state index in [1.54, 1.807) is 0 Å². The van der Waals surface area contributed by atoms with Gasteiger partial charge in [-0.05, 0) is 49.1 Å². The lowest BCUT2D eigenvalue weighted by atomic mass is 9.95. The molecule has 10 heteroatoms. The van der Waals surface area contributed by atoms with Gasteiger partial charge >= 0.3 is 11.8 Å². The first-order chi connectivity index (χ1) is 17.1. The minimum atomic E-state index is -1.39. The Kier molecular flexibility index (Phi) is 11.5. The molecule has 1 heterocycles. The van der Waals surface area contributed by atoms with E-state index in [-0.39, 0.29) is 18.2 Å². The first-order valence-electron chi connectivity index (χ1n) is 12.7. The van der Waals surface area contributed by atoms with Gasteiger partial charge in [-0.15, -0.1) is 0 Å². The van der Waals surface area contributed by atoms with Crippen molar-refractivity contribution in [1.82, 2.24) is 16.0 Å². The van der Waals surface area contributed by atoms with Gasteiger partial charge in [-0.3, -0.25) is 24.5 Å². The second-order valence-electron chi connectivity index (χ2n) is 9.62. The number of amides is 3. The van der Waals surface area contributed by atoms with Crippen molar-refractivity contribution in [2.24, 2.45) is 11.8 Å². The standard InChI is InChI=1S/C26H40N4O6/c1-5-16-8-7-9-17(6-2)22(16)30-26(36)25(35)29-20(12-15(3)4)24(34)28-19(21(32)14-31)13-18-10-11-27-23(18)33/h7-9,15,18-20,24,28,31,34H,5-6,10-14H2,1-4H3,(H,27,33)(H,29,35)(H,30,36)/t18-,19-,20-,24?/m0/s1. The van der Waals surface area contributed by atoms with Crippen molar-refractivity contribution < 1.29 is 29.4 Å². The van der Waals surface area contributed by atoms with Crippen molar-refractivity contribution in [2.75, 3.05) is 18.5 Å². The van der Waals surface area contributed by atoms with Crippen LogP contribution in [0.3, 0.4) is 0 Å². The molecule has 4 atom stereocenters. The van der Waals surface area contributed by atoms with E-state index in [9.17, 15) is 29.4 Å². The van der Waals surface area contributed by atoms with Crippen molar-refractivity contribution in [3.8, 4) is 0 Å². The lowest BCUT2D eigenvalue weighted by Gasteiger charge is -2.30. The van der Waals surface area contributed by atoms with Crippen LogP contribution in [0.1, 0.15) is 58.1 Å². The van der Waals surface area contributed by atoms with Crippen LogP contribution in [0.2, 0.25) is 0 Å². The number of Topliss-reactive ketones (excluding diaryl/α,β-unsaturated/α-hetero) is 1. The van der Waals surface area contributed by atoms with Crippen LogP contribution in [0.25, 0.3) is 0 Å². The fourth-order valence-electron chi connectivity index (χ4n) is 4.46. The molecule has 0 aromatic heterocycles. The van der Waals surface area contributed by atoms with Gasteiger partial charge in [-0.1, -0.05) is 45.9 Å². The highest BCUT2D eigenvalue weighted by molar-refractivity contribution is 6.39. The Bertz CT molecular complexity index is 913. The van der Waals surface area contributed by atoms with E-state index < -0.39 is 48.4 Å². The minimum absolute atomic E-state index is 0.0509. The number of para-hydroxylation sites is 1. The largest absolute Gasteiger partial charge is 0.389 e. The van der Waals surface area contributed by atoms with Crippen LogP contribution in [0.5, 0.6) is 0 Å². The molecular formula is C26H40N4O6. The second kappa shape index (κ2) is 14.1. The fraction of sp³-hybridized carbons (Fsp3) is 0.615. The van der Waals surface area contributed by atoms with Crippen LogP contribution in [0.4, 0.5) is 5.69 Å². The summed E-state index contributed by atoms with van der Waals surface area (Å²) in [5, 5.41) is 31.1. The first kappa shape index (κ1) is 29.4. The highest BCUT2D eigenvalue weighted by Crippen LogP contribution is 2.23. The molecule has 200 valence electrons. The number of rotatable bonds is 13. The molecule has 0 saturated carbocycles. The van der Waals surface area contributed by atoms with Crippen LogP contribution in [0, 0.1) is 11.8 Å². The smallest absolute Gasteiger partial charge is 0.313 e. The molecule has 0 spiro atoms. The predicted octanol–water partition coefficient (Wildman–Crippen LogP) is 0.645. The minimum Gasteiger partial charge on any atom is -0.389 e. The monoisotopic (exact) mass is 504 g/mol. The summed E-state index contributed by atoms with van der Waals surface area (Å²) in [7, 11) is 0. The average Bonchev–Trinajstić information content (AvgIpc) is 3.26. The van der Waals surface area contributed by atoms with Crippen LogP contribution >= 0.6 is 0 Å². The molecule has 1 saturated heterocycles. The lowest BCUT2D eigenvalue weighted by Crippen LogP contribution is -2.57. The maximum Gasteiger partial charge on any atom is 0.313 e. The van der Waals surface area contributed by atoms with Crippen LogP contribution in [-0.2, 0) is 32.0 Å². The number of benzene rings is 1. The molecule has 3 amide bonds. The molecule has 2 rings (SSSR count). The Morgan fingerprint density at radius 3 is 2.25 bits per heavy atom. The van der Waals surface area contributed by atoms with Crippen molar-refractivity contribution in [3.63, 3.8) is 0 Å². The van der Waals surface area contributed by atoms with Gasteiger partial charge < -0.3 is 26.2 Å². The number of aliphatic hydroxyl groups is 2. The zero-order valence-electron chi connectivity index (χ0n) is 21.6. The number of carbonyl (C=O) groups excluding carboxylic acids is 4. The van der Waals surface area contributed by atoms with Crippen molar-refractivity contribution in [3.05, 3.63) is 29.3 Å². The van der Waals surface area contributed by atoms with Gasteiger partial charge in [0.05, 0.1) is 12.1 Å². The Hall–Kier alpha value is -2.82. The van der Waals surface area contributed by atoms with E-state index in [1.807, 2.05) is 45.9 Å². The number of hydrogen-bond donors (Lipinski definition) is 6. The van der Waals surface area contributed by atoms with Gasteiger partial charge in [0.25, 0.3) is 0 Å². The van der Waals surface area contributed by atoms with Crippen LogP contribution < -0.4 is 21.3 Å². The van der Waals surface area contributed by atoms with E-state index in [1.165, 1.54) is 0 Å². The van der Waals surface area contributed by atoms with E-state index in [2.05, 4.69) is 21.3 Å². The highest BCUT2D eigenvalue weighted by Gasteiger charge is 2.33. The fourth-order valence-corrected chi connectivity index (χ4v) is 4.46. The molecule has 1 aliphatic heterocycles. The summed E-state index contributed by atoms with van der Waals surface area (Å²) in [6, 6.07) is 3.83. The molecule has 1 aromatic rings. The normalized spacial score (nSPS) is 17.9. The molecule has 1 aliphatic rings. The SMILES string of the molecule is CCc1cccc(CC)c1NC(=O)C(=O)N[C@@H](CC(C)C)C(O)N[C@@H](C[C@@H]1CCNC1=O)C(=O)CO. The van der Waals surface area contributed by atoms with Crippen LogP contribution in [-0.4, -0.2) is 65.2 Å². The Morgan fingerprint density at radius 1 is 1.11 bits per heavy atom. The van der Waals surface area contributed by atoms with Gasteiger partial charge in [0, 0.05) is 18.2 Å². The number of nitrogens with one attached hydrogen (secondary N) is 4. The third kappa shape index (κ3) is 8.11. The summed E-state index contributed by atoms with van der Waals surface area (Å²) >= 11 is 0. The third-order valence-electron chi connectivity index (χ3n) is 6.47. The molecule has 0 bridgehead atoms. The molecule has 6 N–H and O–H groups in total. The molecular weight excluding hydrogens is 464 g/mol. The number of anilines is 1. The van der Waals surface area contributed by atoms with Gasteiger partial charge in [-0.2, -0.15) is 0 Å². The Labute approximate surface area is 212 Å². The van der Waals surface area contributed by atoms with Gasteiger partial charge in [-0.25, -0.2) is 0 Å². The molecule has 36 heavy (non-hydrogen) atoms. The third-order valence-corrected chi connectivity index (χ3v) is 6.47. The summed E-state index contributed by atoms with van der Waals surface area (Å²) in [4.78, 5) is 49.9. The van der Waals surface area contributed by atoms with E-state index in [0.717, 1.165) is 11.1 Å². The number of ketones is 1. The second-order valence-corrected chi connectivity index (χ2v) is 9.62. The summed E-state index contributed by atoms with van der Waals surface area (Å²) < 4.78 is 0. The lowest BCUT2D eigenvalue weighted by molar-refractivity contribution is -0.137. The average molecular weight is 505 g/mol. The number of aryl methyl sites for hydroxylation is 2. The molecule has 0 aliphatic carbocycles. The van der Waals surface area contributed by atoms with Gasteiger partial charge in [0.1, 0.15) is 12.8 Å². The first-order valence-corrected chi connectivity index (χ1v) is 12.7. The number of carbonyl (C=O) groups is 4. The van der Waals surface area contributed by atoms with E-state index in [4.69, 9.17) is 0 Å². The quantitative estimate of drug-likeness (QED) is 0.170. The maximum absolute atomic E-state index is 12.8. The Morgan fingerprint density at radius 2 is 1.75 bits per heavy atom. The van der Waals surface area contributed by atoms with Crippen molar-refractivity contribution in [2.45, 2.75) is 78.1 Å². The van der Waals surface area contributed by atoms with E-state index >= 15 is 0 Å². The highest BCUT2D eigenvalue weighted by atomic mass is 16.3. The maximum atomic E-state index is 12.8. The molecule has 1 aromatic carbocycles. The summed E-state index contributed by atoms with van der Waals surface area (Å²) in [5.41, 5.74) is 2.44. The van der Waals surface area contributed by atoms with Crippen molar-refractivity contribution >= 4 is 29.2 Å². The predicted molar refractivity (Wildman–Crippen MR) is 136 cm³/mol. The Balaban J connectivity index is 2.13. The van der Waals surface area contributed by atoms with Gasteiger partial charge in [0.2, 0.25) is 5.91 Å². The topological polar surface area (TPSA) is 157 Å². The van der Waals surface area contributed by atoms with Crippen molar-refractivity contribution in [1.29, 1.82) is 0 Å². The zero-order chi connectivity index (χ0) is 26.8. The number of aliphatic hydroxyl groups excluding tert-OH is 2. The van der Waals surface area contributed by atoms with Crippen LogP contribution in [0.15, 0.2) is 18.2 Å². The number of hydrogen-bond acceptors (Lipinski definition) is 7. The molecule has 1 unspecified atom stereocenters. The molecule has 10 nitrogen and oxygen atoms in total.